The number of hydrogen-bond donors (Lipinski definition) is 2. The van der Waals surface area contributed by atoms with Crippen molar-refractivity contribution < 1.29 is 0 Å². The third kappa shape index (κ3) is 3.96. The lowest BCUT2D eigenvalue weighted by Crippen LogP contribution is -2.56. The molecule has 1 saturated heterocycles. The predicted octanol–water partition coefficient (Wildman–Crippen LogP) is 3.53. The molecule has 2 heteroatoms. The standard InChI is InChI=1S/C16H32N2/c1-3-5-13-7-9-15(10-8-13)16-17-11-14(6-4-2)12-18-16/h13-18H,3-12H2,1-2H3. The highest BCUT2D eigenvalue weighted by Gasteiger charge is 2.29. The zero-order valence-corrected chi connectivity index (χ0v) is 12.4. The Labute approximate surface area is 113 Å². The zero-order valence-electron chi connectivity index (χ0n) is 12.4. The highest BCUT2D eigenvalue weighted by molar-refractivity contribution is 4.85. The van der Waals surface area contributed by atoms with Crippen LogP contribution in [0.15, 0.2) is 0 Å². The summed E-state index contributed by atoms with van der Waals surface area (Å²) in [7, 11) is 0. The van der Waals surface area contributed by atoms with Crippen molar-refractivity contribution in [2.24, 2.45) is 17.8 Å². The second-order valence-corrected chi connectivity index (χ2v) is 6.52. The number of rotatable bonds is 5. The summed E-state index contributed by atoms with van der Waals surface area (Å²) in [5, 5.41) is 7.52. The van der Waals surface area contributed by atoms with Gasteiger partial charge in [0.05, 0.1) is 6.17 Å². The molecule has 0 aromatic heterocycles. The van der Waals surface area contributed by atoms with E-state index in [9.17, 15) is 0 Å². The van der Waals surface area contributed by atoms with E-state index in [-0.39, 0.29) is 0 Å². The molecule has 0 aromatic carbocycles. The van der Waals surface area contributed by atoms with Gasteiger partial charge >= 0.3 is 0 Å². The van der Waals surface area contributed by atoms with Crippen LogP contribution in [0.2, 0.25) is 0 Å². The van der Waals surface area contributed by atoms with E-state index in [1.54, 1.807) is 0 Å². The van der Waals surface area contributed by atoms with Gasteiger partial charge in [-0.1, -0.05) is 46.0 Å². The first-order chi connectivity index (χ1) is 8.83. The first-order valence-corrected chi connectivity index (χ1v) is 8.30. The molecule has 1 aliphatic carbocycles. The van der Waals surface area contributed by atoms with Gasteiger partial charge in [0.15, 0.2) is 0 Å². The second-order valence-electron chi connectivity index (χ2n) is 6.52. The molecule has 0 unspecified atom stereocenters. The van der Waals surface area contributed by atoms with Gasteiger partial charge in [-0.05, 0) is 37.0 Å². The highest BCUT2D eigenvalue weighted by atomic mass is 15.2. The van der Waals surface area contributed by atoms with E-state index in [1.165, 1.54) is 64.5 Å². The van der Waals surface area contributed by atoms with Crippen LogP contribution in [0.4, 0.5) is 0 Å². The molecule has 18 heavy (non-hydrogen) atoms. The Morgan fingerprint density at radius 2 is 1.33 bits per heavy atom. The Morgan fingerprint density at radius 3 is 1.89 bits per heavy atom. The number of nitrogens with one attached hydrogen (secondary N) is 2. The van der Waals surface area contributed by atoms with Gasteiger partial charge in [0.25, 0.3) is 0 Å². The summed E-state index contributed by atoms with van der Waals surface area (Å²) in [5.41, 5.74) is 0. The minimum Gasteiger partial charge on any atom is -0.301 e. The minimum atomic E-state index is 0.612. The van der Waals surface area contributed by atoms with E-state index in [4.69, 9.17) is 0 Å². The summed E-state index contributed by atoms with van der Waals surface area (Å²) in [6, 6.07) is 0. The number of hydrogen-bond acceptors (Lipinski definition) is 2. The van der Waals surface area contributed by atoms with Crippen molar-refractivity contribution in [2.75, 3.05) is 13.1 Å². The largest absolute Gasteiger partial charge is 0.301 e. The molecule has 1 heterocycles. The predicted molar refractivity (Wildman–Crippen MR) is 78.5 cm³/mol. The van der Waals surface area contributed by atoms with Gasteiger partial charge in [0.1, 0.15) is 0 Å². The molecule has 0 aromatic rings. The van der Waals surface area contributed by atoms with Crippen molar-refractivity contribution in [1.82, 2.24) is 10.6 Å². The SMILES string of the molecule is CCCC1CCC(C2NCC(CCC)CN2)CC1. The lowest BCUT2D eigenvalue weighted by Gasteiger charge is -2.39. The Morgan fingerprint density at radius 1 is 0.778 bits per heavy atom. The maximum atomic E-state index is 3.76. The van der Waals surface area contributed by atoms with Crippen LogP contribution in [0, 0.1) is 17.8 Å². The molecule has 2 fully saturated rings. The molecular formula is C16H32N2. The molecule has 2 rings (SSSR count). The summed E-state index contributed by atoms with van der Waals surface area (Å²) in [6.07, 6.45) is 11.9. The van der Waals surface area contributed by atoms with E-state index in [0.717, 1.165) is 17.8 Å². The quantitative estimate of drug-likeness (QED) is 0.782. The second kappa shape index (κ2) is 7.49. The fourth-order valence-electron chi connectivity index (χ4n) is 3.90. The van der Waals surface area contributed by atoms with E-state index in [1.807, 2.05) is 0 Å². The summed E-state index contributed by atoms with van der Waals surface area (Å²) in [6.45, 7) is 7.09. The molecular weight excluding hydrogens is 220 g/mol. The van der Waals surface area contributed by atoms with Gasteiger partial charge in [0, 0.05) is 13.1 Å². The first kappa shape index (κ1) is 14.3. The monoisotopic (exact) mass is 252 g/mol. The van der Waals surface area contributed by atoms with Gasteiger partial charge in [-0.15, -0.1) is 0 Å². The topological polar surface area (TPSA) is 24.1 Å². The molecule has 0 radical (unpaired) electrons. The molecule has 2 N–H and O–H groups in total. The Bertz CT molecular complexity index is 189. The lowest BCUT2D eigenvalue weighted by molar-refractivity contribution is 0.159. The molecule has 2 nitrogen and oxygen atoms in total. The smallest absolute Gasteiger partial charge is 0.0600 e. The van der Waals surface area contributed by atoms with Crippen molar-refractivity contribution >= 4 is 0 Å². The van der Waals surface area contributed by atoms with E-state index < -0.39 is 0 Å². The summed E-state index contributed by atoms with van der Waals surface area (Å²) >= 11 is 0. The third-order valence-corrected chi connectivity index (χ3v) is 5.01. The molecule has 0 atom stereocenters. The summed E-state index contributed by atoms with van der Waals surface area (Å²) < 4.78 is 0. The molecule has 0 amide bonds. The molecule has 2 aliphatic rings. The maximum Gasteiger partial charge on any atom is 0.0600 e. The van der Waals surface area contributed by atoms with Crippen LogP contribution in [0.25, 0.3) is 0 Å². The fourth-order valence-corrected chi connectivity index (χ4v) is 3.90. The van der Waals surface area contributed by atoms with Crippen molar-refractivity contribution in [3.8, 4) is 0 Å². The van der Waals surface area contributed by atoms with E-state index >= 15 is 0 Å². The van der Waals surface area contributed by atoms with Crippen molar-refractivity contribution in [3.63, 3.8) is 0 Å². The van der Waals surface area contributed by atoms with Crippen LogP contribution in [-0.4, -0.2) is 19.3 Å². The van der Waals surface area contributed by atoms with E-state index in [2.05, 4.69) is 24.5 Å². The van der Waals surface area contributed by atoms with Crippen LogP contribution < -0.4 is 10.6 Å². The van der Waals surface area contributed by atoms with Crippen LogP contribution in [0.1, 0.15) is 65.2 Å². The molecule has 1 aliphatic heterocycles. The average Bonchev–Trinajstić information content (AvgIpc) is 2.41. The first-order valence-electron chi connectivity index (χ1n) is 8.30. The molecule has 0 spiro atoms. The molecule has 0 bridgehead atoms. The summed E-state index contributed by atoms with van der Waals surface area (Å²) in [4.78, 5) is 0. The minimum absolute atomic E-state index is 0.612. The third-order valence-electron chi connectivity index (χ3n) is 5.01. The van der Waals surface area contributed by atoms with Crippen LogP contribution in [-0.2, 0) is 0 Å². The normalized spacial score (nSPS) is 37.7. The maximum absolute atomic E-state index is 3.76. The Balaban J connectivity index is 1.68. The van der Waals surface area contributed by atoms with Crippen LogP contribution in [0.5, 0.6) is 0 Å². The van der Waals surface area contributed by atoms with Crippen LogP contribution in [0.3, 0.4) is 0 Å². The zero-order chi connectivity index (χ0) is 12.8. The Hall–Kier alpha value is -0.0800. The molecule has 106 valence electrons. The van der Waals surface area contributed by atoms with Crippen molar-refractivity contribution in [2.45, 2.75) is 71.4 Å². The molecule has 1 saturated carbocycles. The van der Waals surface area contributed by atoms with Crippen molar-refractivity contribution in [1.29, 1.82) is 0 Å². The Kier molecular flexibility index (Phi) is 5.97. The van der Waals surface area contributed by atoms with Gasteiger partial charge in [-0.25, -0.2) is 0 Å². The van der Waals surface area contributed by atoms with E-state index in [0.29, 0.717) is 6.17 Å². The fraction of sp³-hybridized carbons (Fsp3) is 1.00. The van der Waals surface area contributed by atoms with Gasteiger partial charge in [-0.3, -0.25) is 0 Å². The highest BCUT2D eigenvalue weighted by Crippen LogP contribution is 2.33. The summed E-state index contributed by atoms with van der Waals surface area (Å²) in [5.74, 6) is 2.78. The lowest BCUT2D eigenvalue weighted by atomic mass is 9.78. The van der Waals surface area contributed by atoms with Gasteiger partial charge in [-0.2, -0.15) is 0 Å². The van der Waals surface area contributed by atoms with Gasteiger partial charge in [0.2, 0.25) is 0 Å². The van der Waals surface area contributed by atoms with Gasteiger partial charge < -0.3 is 10.6 Å². The van der Waals surface area contributed by atoms with Crippen molar-refractivity contribution in [3.05, 3.63) is 0 Å². The van der Waals surface area contributed by atoms with Crippen LogP contribution >= 0.6 is 0 Å². The average molecular weight is 252 g/mol.